The third-order valence-corrected chi connectivity index (χ3v) is 9.26. The van der Waals surface area contributed by atoms with Crippen LogP contribution >= 0.6 is 0 Å². The first-order valence-corrected chi connectivity index (χ1v) is 10.5. The van der Waals surface area contributed by atoms with Gasteiger partial charge in [0.2, 0.25) is 15.9 Å². The van der Waals surface area contributed by atoms with Crippen molar-refractivity contribution in [2.45, 2.75) is 30.9 Å². The maximum Gasteiger partial charge on any atom is 0.220 e. The monoisotopic (exact) mass is 336 g/mol. The minimum Gasteiger partial charge on any atom is -0.356 e. The minimum absolute atomic E-state index is 0.0346. The summed E-state index contributed by atoms with van der Waals surface area (Å²) >= 11 is 0. The second-order valence-corrected chi connectivity index (χ2v) is 10.9. The Morgan fingerprint density at radius 2 is 1.90 bits per heavy atom. The summed E-state index contributed by atoms with van der Waals surface area (Å²) < 4.78 is 49.4. The zero-order valence-electron chi connectivity index (χ0n) is 11.7. The minimum atomic E-state index is -3.54. The summed E-state index contributed by atoms with van der Waals surface area (Å²) in [5, 5.41) is 2.02. The molecule has 0 radical (unpaired) electrons. The molecule has 3 fully saturated rings. The molecule has 21 heavy (non-hydrogen) atoms. The van der Waals surface area contributed by atoms with Crippen LogP contribution in [0, 0.1) is 5.41 Å². The number of carbonyl (C=O) groups is 1. The van der Waals surface area contributed by atoms with Gasteiger partial charge in [-0.25, -0.2) is 21.1 Å². The van der Waals surface area contributed by atoms with Crippen LogP contribution < -0.4 is 5.32 Å². The molecule has 0 aliphatic carbocycles. The number of rotatable bonds is 2. The van der Waals surface area contributed by atoms with Gasteiger partial charge in [0.1, 0.15) is 0 Å². The van der Waals surface area contributed by atoms with Crippen LogP contribution in [-0.4, -0.2) is 63.4 Å². The summed E-state index contributed by atoms with van der Waals surface area (Å²) in [5.41, 5.74) is -0.106. The van der Waals surface area contributed by atoms with E-state index < -0.39 is 25.1 Å². The maximum atomic E-state index is 12.5. The number of sulfone groups is 1. The molecular formula is C12H20N2O5S2. The molecule has 120 valence electrons. The Balaban J connectivity index is 1.68. The average Bonchev–Trinajstić information content (AvgIpc) is 2.94. The lowest BCUT2D eigenvalue weighted by Crippen LogP contribution is -2.47. The zero-order valence-corrected chi connectivity index (χ0v) is 13.4. The van der Waals surface area contributed by atoms with Gasteiger partial charge in [0.15, 0.2) is 9.84 Å². The van der Waals surface area contributed by atoms with Crippen LogP contribution in [-0.2, 0) is 24.7 Å². The molecule has 1 amide bonds. The number of nitrogens with one attached hydrogen (secondary N) is 1. The van der Waals surface area contributed by atoms with E-state index in [2.05, 4.69) is 5.32 Å². The van der Waals surface area contributed by atoms with E-state index in [0.717, 1.165) is 0 Å². The van der Waals surface area contributed by atoms with Crippen molar-refractivity contribution in [2.75, 3.05) is 31.1 Å². The Morgan fingerprint density at radius 3 is 2.38 bits per heavy atom. The summed E-state index contributed by atoms with van der Waals surface area (Å²) in [4.78, 5) is 11.4. The van der Waals surface area contributed by atoms with Crippen LogP contribution in [0.4, 0.5) is 0 Å². The molecule has 1 spiro atoms. The molecular weight excluding hydrogens is 316 g/mol. The number of amides is 1. The number of piperidine rings is 1. The third-order valence-electron chi connectivity index (χ3n) is 4.95. The van der Waals surface area contributed by atoms with E-state index in [9.17, 15) is 21.6 Å². The third kappa shape index (κ3) is 2.83. The van der Waals surface area contributed by atoms with Gasteiger partial charge in [-0.3, -0.25) is 4.79 Å². The van der Waals surface area contributed by atoms with Crippen molar-refractivity contribution in [3.05, 3.63) is 0 Å². The molecule has 1 N–H and O–H groups in total. The van der Waals surface area contributed by atoms with Crippen molar-refractivity contribution >= 4 is 25.8 Å². The molecule has 0 saturated carbocycles. The Hall–Kier alpha value is -0.670. The van der Waals surface area contributed by atoms with Crippen LogP contribution in [0.1, 0.15) is 25.7 Å². The first-order chi connectivity index (χ1) is 9.73. The summed E-state index contributed by atoms with van der Waals surface area (Å²) in [7, 11) is -6.75. The largest absolute Gasteiger partial charge is 0.356 e. The van der Waals surface area contributed by atoms with Crippen molar-refractivity contribution in [1.82, 2.24) is 9.62 Å². The summed E-state index contributed by atoms with van der Waals surface area (Å²) in [6, 6.07) is 0. The molecule has 1 unspecified atom stereocenters. The predicted molar refractivity (Wildman–Crippen MR) is 76.8 cm³/mol. The molecule has 0 bridgehead atoms. The van der Waals surface area contributed by atoms with Crippen molar-refractivity contribution in [3.8, 4) is 0 Å². The molecule has 3 aliphatic heterocycles. The van der Waals surface area contributed by atoms with Crippen LogP contribution in [0.3, 0.4) is 0 Å². The second kappa shape index (κ2) is 4.92. The van der Waals surface area contributed by atoms with Gasteiger partial charge in [0.25, 0.3) is 0 Å². The van der Waals surface area contributed by atoms with Gasteiger partial charge in [-0.05, 0) is 24.7 Å². The number of hydrogen-bond acceptors (Lipinski definition) is 5. The summed E-state index contributed by atoms with van der Waals surface area (Å²) in [6.07, 6.45) is 1.99. The summed E-state index contributed by atoms with van der Waals surface area (Å²) in [5.74, 6) is -0.252. The van der Waals surface area contributed by atoms with E-state index >= 15 is 0 Å². The van der Waals surface area contributed by atoms with E-state index in [1.54, 1.807) is 0 Å². The Morgan fingerprint density at radius 1 is 1.24 bits per heavy atom. The number of carbonyl (C=O) groups excluding carboxylic acids is 1. The van der Waals surface area contributed by atoms with Crippen molar-refractivity contribution in [3.63, 3.8) is 0 Å². The highest BCUT2D eigenvalue weighted by Gasteiger charge is 2.46. The molecule has 3 rings (SSSR count). The lowest BCUT2D eigenvalue weighted by Gasteiger charge is -2.38. The normalized spacial score (nSPS) is 32.4. The SMILES string of the molecule is O=C1CC2(CCN(S(=O)(=O)C3CCS(=O)(=O)C3)CC2)CN1. The fraction of sp³-hybridized carbons (Fsp3) is 0.917. The molecule has 0 aromatic heterocycles. The highest BCUT2D eigenvalue weighted by atomic mass is 32.2. The van der Waals surface area contributed by atoms with E-state index in [4.69, 9.17) is 0 Å². The molecule has 1 atom stereocenters. The molecule has 0 aromatic carbocycles. The van der Waals surface area contributed by atoms with Gasteiger partial charge < -0.3 is 5.32 Å². The molecule has 3 aliphatic rings. The van der Waals surface area contributed by atoms with Crippen LogP contribution in [0.15, 0.2) is 0 Å². The standard InChI is InChI=1S/C12H20N2O5S2/c15-11-7-12(9-13-11)2-4-14(5-3-12)21(18,19)10-1-6-20(16,17)8-10/h10H,1-9H2,(H,13,15). The van der Waals surface area contributed by atoms with E-state index in [1.807, 2.05) is 0 Å². The lowest BCUT2D eigenvalue weighted by atomic mass is 9.78. The second-order valence-electron chi connectivity index (χ2n) is 6.42. The molecule has 0 aromatic rings. The van der Waals surface area contributed by atoms with Gasteiger partial charge in [-0.2, -0.15) is 0 Å². The quantitative estimate of drug-likeness (QED) is 0.705. The lowest BCUT2D eigenvalue weighted by molar-refractivity contribution is -0.119. The Kier molecular flexibility index (Phi) is 3.57. The van der Waals surface area contributed by atoms with Crippen LogP contribution in [0.25, 0.3) is 0 Å². The fourth-order valence-corrected chi connectivity index (χ4v) is 8.06. The summed E-state index contributed by atoms with van der Waals surface area (Å²) in [6.45, 7) is 1.39. The van der Waals surface area contributed by atoms with Crippen LogP contribution in [0.2, 0.25) is 0 Å². The van der Waals surface area contributed by atoms with Crippen molar-refractivity contribution < 1.29 is 21.6 Å². The fourth-order valence-electron chi connectivity index (χ4n) is 3.53. The molecule has 3 saturated heterocycles. The molecule has 9 heteroatoms. The highest BCUT2D eigenvalue weighted by molar-refractivity contribution is 7.95. The Bertz CT molecular complexity index is 647. The van der Waals surface area contributed by atoms with Gasteiger partial charge in [0, 0.05) is 26.1 Å². The zero-order chi connectivity index (χ0) is 15.3. The van der Waals surface area contributed by atoms with Crippen LogP contribution in [0.5, 0.6) is 0 Å². The van der Waals surface area contributed by atoms with Crippen molar-refractivity contribution in [2.24, 2.45) is 5.41 Å². The van der Waals surface area contributed by atoms with Gasteiger partial charge in [0.05, 0.1) is 16.8 Å². The molecule has 7 nitrogen and oxygen atoms in total. The average molecular weight is 336 g/mol. The van der Waals surface area contributed by atoms with Crippen molar-refractivity contribution in [1.29, 1.82) is 0 Å². The van der Waals surface area contributed by atoms with Gasteiger partial charge in [-0.1, -0.05) is 0 Å². The van der Waals surface area contributed by atoms with E-state index in [-0.39, 0.29) is 29.2 Å². The first-order valence-electron chi connectivity index (χ1n) is 7.19. The number of hydrogen-bond donors (Lipinski definition) is 1. The smallest absolute Gasteiger partial charge is 0.220 e. The molecule has 3 heterocycles. The predicted octanol–water partition coefficient (Wildman–Crippen LogP) is -0.895. The first kappa shape index (κ1) is 15.2. The number of nitrogens with zero attached hydrogens (tertiary/aromatic N) is 1. The van der Waals surface area contributed by atoms with Gasteiger partial charge in [-0.15, -0.1) is 0 Å². The van der Waals surface area contributed by atoms with E-state index in [0.29, 0.717) is 38.9 Å². The number of sulfonamides is 1. The van der Waals surface area contributed by atoms with Gasteiger partial charge >= 0.3 is 0 Å². The maximum absolute atomic E-state index is 12.5. The topological polar surface area (TPSA) is 101 Å². The Labute approximate surface area is 125 Å². The highest BCUT2D eigenvalue weighted by Crippen LogP contribution is 2.39. The van der Waals surface area contributed by atoms with E-state index in [1.165, 1.54) is 4.31 Å².